The topological polar surface area (TPSA) is 6.48 Å². The van der Waals surface area contributed by atoms with Crippen LogP contribution >= 0.6 is 0 Å². The molecular weight excluding hydrogens is 196 g/mol. The molecule has 0 bridgehead atoms. The monoisotopic (exact) mass is 224 g/mol. The number of hydrogen-bond acceptors (Lipinski definition) is 2. The van der Waals surface area contributed by atoms with Gasteiger partial charge in [-0.2, -0.15) is 0 Å². The minimum atomic E-state index is 0.358. The molecule has 2 fully saturated rings. The SMILES string of the molecule is CN1CCC2(CCCN(C(C)(C)C)C2)CC1. The summed E-state index contributed by atoms with van der Waals surface area (Å²) in [4.78, 5) is 5.20. The quantitative estimate of drug-likeness (QED) is 0.624. The largest absolute Gasteiger partial charge is 0.306 e. The first-order valence-corrected chi connectivity index (χ1v) is 6.85. The average Bonchev–Trinajstić information content (AvgIpc) is 2.22. The van der Waals surface area contributed by atoms with Gasteiger partial charge in [-0.05, 0) is 78.6 Å². The summed E-state index contributed by atoms with van der Waals surface area (Å²) in [5.74, 6) is 0. The van der Waals surface area contributed by atoms with Gasteiger partial charge in [0.05, 0.1) is 0 Å². The van der Waals surface area contributed by atoms with Crippen molar-refractivity contribution < 1.29 is 0 Å². The van der Waals surface area contributed by atoms with Gasteiger partial charge in [-0.3, -0.25) is 4.90 Å². The zero-order chi connectivity index (χ0) is 11.8. The molecule has 0 amide bonds. The lowest BCUT2D eigenvalue weighted by Crippen LogP contribution is -2.54. The highest BCUT2D eigenvalue weighted by molar-refractivity contribution is 4.94. The van der Waals surface area contributed by atoms with Crippen LogP contribution < -0.4 is 0 Å². The Morgan fingerprint density at radius 2 is 1.56 bits per heavy atom. The molecule has 0 aromatic heterocycles. The Bertz CT molecular complexity index is 234. The van der Waals surface area contributed by atoms with Gasteiger partial charge in [-0.25, -0.2) is 0 Å². The van der Waals surface area contributed by atoms with Crippen molar-refractivity contribution in [1.29, 1.82) is 0 Å². The molecule has 2 heterocycles. The molecule has 2 aliphatic rings. The minimum absolute atomic E-state index is 0.358. The van der Waals surface area contributed by atoms with Gasteiger partial charge in [0, 0.05) is 12.1 Å². The van der Waals surface area contributed by atoms with E-state index in [1.807, 2.05) is 0 Å². The van der Waals surface area contributed by atoms with Crippen molar-refractivity contribution in [3.8, 4) is 0 Å². The Kier molecular flexibility index (Phi) is 3.33. The molecule has 2 heteroatoms. The van der Waals surface area contributed by atoms with E-state index in [1.165, 1.54) is 51.9 Å². The first-order chi connectivity index (χ1) is 7.41. The van der Waals surface area contributed by atoms with Crippen molar-refractivity contribution in [2.24, 2.45) is 5.41 Å². The summed E-state index contributed by atoms with van der Waals surface area (Å²) in [5, 5.41) is 0. The van der Waals surface area contributed by atoms with Crippen LogP contribution in [-0.4, -0.2) is 48.6 Å². The molecule has 0 radical (unpaired) electrons. The van der Waals surface area contributed by atoms with Crippen molar-refractivity contribution in [3.05, 3.63) is 0 Å². The molecule has 2 saturated heterocycles. The average molecular weight is 224 g/mol. The van der Waals surface area contributed by atoms with E-state index in [1.54, 1.807) is 0 Å². The summed E-state index contributed by atoms with van der Waals surface area (Å²) in [5.41, 5.74) is 1.01. The highest BCUT2D eigenvalue weighted by Crippen LogP contribution is 2.41. The Morgan fingerprint density at radius 1 is 0.938 bits per heavy atom. The lowest BCUT2D eigenvalue weighted by Gasteiger charge is -2.51. The molecule has 0 unspecified atom stereocenters. The van der Waals surface area contributed by atoms with Crippen LogP contribution in [0.2, 0.25) is 0 Å². The Labute approximate surface area is 101 Å². The number of nitrogens with zero attached hydrogens (tertiary/aromatic N) is 2. The minimum Gasteiger partial charge on any atom is -0.306 e. The van der Waals surface area contributed by atoms with Crippen molar-refractivity contribution >= 4 is 0 Å². The molecule has 1 spiro atoms. The van der Waals surface area contributed by atoms with Crippen LogP contribution in [0.4, 0.5) is 0 Å². The van der Waals surface area contributed by atoms with Gasteiger partial charge in [0.25, 0.3) is 0 Å². The summed E-state index contributed by atoms with van der Waals surface area (Å²) >= 11 is 0. The van der Waals surface area contributed by atoms with E-state index in [-0.39, 0.29) is 0 Å². The lowest BCUT2D eigenvalue weighted by molar-refractivity contribution is -0.00886. The number of likely N-dealkylation sites (tertiary alicyclic amines) is 2. The third kappa shape index (κ3) is 2.60. The van der Waals surface area contributed by atoms with Crippen LogP contribution in [0.15, 0.2) is 0 Å². The molecule has 0 atom stereocenters. The fourth-order valence-corrected chi connectivity index (χ4v) is 3.28. The fourth-order valence-electron chi connectivity index (χ4n) is 3.28. The molecule has 94 valence electrons. The van der Waals surface area contributed by atoms with Crippen LogP contribution in [0.25, 0.3) is 0 Å². The van der Waals surface area contributed by atoms with Gasteiger partial charge in [0.2, 0.25) is 0 Å². The first kappa shape index (κ1) is 12.4. The maximum absolute atomic E-state index is 2.71. The molecule has 0 aromatic rings. The van der Waals surface area contributed by atoms with Crippen molar-refractivity contribution in [2.75, 3.05) is 33.2 Å². The van der Waals surface area contributed by atoms with Crippen molar-refractivity contribution in [2.45, 2.75) is 52.0 Å². The molecule has 2 aliphatic heterocycles. The van der Waals surface area contributed by atoms with E-state index in [0.717, 1.165) is 0 Å². The van der Waals surface area contributed by atoms with E-state index >= 15 is 0 Å². The van der Waals surface area contributed by atoms with Gasteiger partial charge < -0.3 is 4.90 Å². The van der Waals surface area contributed by atoms with E-state index in [0.29, 0.717) is 11.0 Å². The normalized spacial score (nSPS) is 28.5. The molecule has 2 rings (SSSR count). The second kappa shape index (κ2) is 4.30. The second-order valence-corrected chi connectivity index (χ2v) is 7.00. The van der Waals surface area contributed by atoms with Gasteiger partial charge in [0.15, 0.2) is 0 Å². The number of piperidine rings is 2. The summed E-state index contributed by atoms with van der Waals surface area (Å²) in [6.07, 6.45) is 5.70. The smallest absolute Gasteiger partial charge is 0.0125 e. The van der Waals surface area contributed by atoms with E-state index in [2.05, 4.69) is 37.6 Å². The zero-order valence-electron chi connectivity index (χ0n) is 11.6. The second-order valence-electron chi connectivity index (χ2n) is 7.00. The molecule has 0 aliphatic carbocycles. The summed E-state index contributed by atoms with van der Waals surface area (Å²) in [6, 6.07) is 0. The summed E-state index contributed by atoms with van der Waals surface area (Å²) in [6.45, 7) is 12.3. The Hall–Kier alpha value is -0.0800. The molecule has 0 aromatic carbocycles. The van der Waals surface area contributed by atoms with Crippen LogP contribution in [0.1, 0.15) is 46.5 Å². The maximum atomic E-state index is 2.71. The number of rotatable bonds is 0. The number of hydrogen-bond donors (Lipinski definition) is 0. The fraction of sp³-hybridized carbons (Fsp3) is 1.00. The highest BCUT2D eigenvalue weighted by atomic mass is 15.2. The summed E-state index contributed by atoms with van der Waals surface area (Å²) < 4.78 is 0. The zero-order valence-corrected chi connectivity index (χ0v) is 11.6. The predicted molar refractivity (Wildman–Crippen MR) is 69.7 cm³/mol. The Balaban J connectivity index is 2.01. The third-order valence-electron chi connectivity index (χ3n) is 4.66. The molecule has 16 heavy (non-hydrogen) atoms. The summed E-state index contributed by atoms with van der Waals surface area (Å²) in [7, 11) is 2.26. The van der Waals surface area contributed by atoms with Crippen LogP contribution in [0.5, 0.6) is 0 Å². The molecule has 0 N–H and O–H groups in total. The van der Waals surface area contributed by atoms with E-state index in [4.69, 9.17) is 0 Å². The first-order valence-electron chi connectivity index (χ1n) is 6.85. The lowest BCUT2D eigenvalue weighted by atomic mass is 9.72. The van der Waals surface area contributed by atoms with Gasteiger partial charge in [0.1, 0.15) is 0 Å². The predicted octanol–water partition coefficient (Wildman–Crippen LogP) is 2.59. The van der Waals surface area contributed by atoms with Crippen LogP contribution in [0.3, 0.4) is 0 Å². The van der Waals surface area contributed by atoms with Gasteiger partial charge in [-0.15, -0.1) is 0 Å². The van der Waals surface area contributed by atoms with Crippen molar-refractivity contribution in [1.82, 2.24) is 9.80 Å². The van der Waals surface area contributed by atoms with Crippen LogP contribution in [0, 0.1) is 5.41 Å². The van der Waals surface area contributed by atoms with Gasteiger partial charge in [-0.1, -0.05) is 0 Å². The molecule has 2 nitrogen and oxygen atoms in total. The standard InChI is InChI=1S/C14H28N2/c1-13(2,3)16-9-5-6-14(12-16)7-10-15(4)11-8-14/h5-12H2,1-4H3. The van der Waals surface area contributed by atoms with E-state index in [9.17, 15) is 0 Å². The Morgan fingerprint density at radius 3 is 2.12 bits per heavy atom. The highest BCUT2D eigenvalue weighted by Gasteiger charge is 2.40. The molecule has 0 saturated carbocycles. The van der Waals surface area contributed by atoms with Gasteiger partial charge >= 0.3 is 0 Å². The van der Waals surface area contributed by atoms with E-state index < -0.39 is 0 Å². The van der Waals surface area contributed by atoms with Crippen LogP contribution in [-0.2, 0) is 0 Å². The third-order valence-corrected chi connectivity index (χ3v) is 4.66. The molecular formula is C14H28N2. The maximum Gasteiger partial charge on any atom is 0.0125 e. The van der Waals surface area contributed by atoms with Crippen molar-refractivity contribution in [3.63, 3.8) is 0 Å².